The minimum absolute atomic E-state index is 0.0619. The summed E-state index contributed by atoms with van der Waals surface area (Å²) < 4.78 is 0. The van der Waals surface area contributed by atoms with Gasteiger partial charge < -0.3 is 10.8 Å². The second kappa shape index (κ2) is 8.08. The Morgan fingerprint density at radius 3 is 2.20 bits per heavy atom. The summed E-state index contributed by atoms with van der Waals surface area (Å²) in [5.74, 6) is 0.415. The molecule has 0 aromatic heterocycles. The molecule has 0 spiro atoms. The van der Waals surface area contributed by atoms with Gasteiger partial charge in [-0.1, -0.05) is 34.1 Å². The summed E-state index contributed by atoms with van der Waals surface area (Å²) in [6, 6.07) is 0.174. The van der Waals surface area contributed by atoms with Gasteiger partial charge in [0.15, 0.2) is 0 Å². The maximum atomic E-state index is 9.42. The molecule has 0 radical (unpaired) electrons. The minimum Gasteiger partial charge on any atom is -0.395 e. The summed E-state index contributed by atoms with van der Waals surface area (Å²) in [4.78, 5) is 2.30. The Labute approximate surface area is 94.6 Å². The zero-order valence-corrected chi connectivity index (χ0v) is 10.7. The summed E-state index contributed by atoms with van der Waals surface area (Å²) in [5, 5.41) is 9.42. The van der Waals surface area contributed by atoms with E-state index >= 15 is 0 Å². The van der Waals surface area contributed by atoms with Crippen LogP contribution in [0, 0.1) is 5.92 Å². The fraction of sp³-hybridized carbons (Fsp3) is 1.00. The molecular formula is C12H28N2O. The maximum Gasteiger partial charge on any atom is 0.0602 e. The Morgan fingerprint density at radius 2 is 1.87 bits per heavy atom. The van der Waals surface area contributed by atoms with Gasteiger partial charge in [0.1, 0.15) is 0 Å². The van der Waals surface area contributed by atoms with Crippen LogP contribution in [0.3, 0.4) is 0 Å². The molecule has 92 valence electrons. The third-order valence-corrected chi connectivity index (χ3v) is 3.08. The predicted molar refractivity (Wildman–Crippen MR) is 65.8 cm³/mol. The van der Waals surface area contributed by atoms with Gasteiger partial charge in [-0.25, -0.2) is 0 Å². The van der Waals surface area contributed by atoms with Crippen LogP contribution in [-0.2, 0) is 0 Å². The van der Waals surface area contributed by atoms with Crippen molar-refractivity contribution in [3.05, 3.63) is 0 Å². The number of hydrogen-bond donors (Lipinski definition) is 2. The first kappa shape index (κ1) is 14.9. The topological polar surface area (TPSA) is 49.5 Å². The second-order valence-electron chi connectivity index (χ2n) is 4.55. The summed E-state index contributed by atoms with van der Waals surface area (Å²) in [6.07, 6.45) is 2.36. The molecule has 3 nitrogen and oxygen atoms in total. The van der Waals surface area contributed by atoms with Gasteiger partial charge in [-0.2, -0.15) is 0 Å². The predicted octanol–water partition coefficient (Wildman–Crippen LogP) is 1.45. The number of likely N-dealkylation sites (N-methyl/N-ethyl adjacent to an activating group) is 1. The minimum atomic E-state index is 0.0619. The largest absolute Gasteiger partial charge is 0.395 e. The second-order valence-corrected chi connectivity index (χ2v) is 4.55. The van der Waals surface area contributed by atoms with Crippen molar-refractivity contribution in [2.45, 2.75) is 52.6 Å². The fourth-order valence-electron chi connectivity index (χ4n) is 1.84. The lowest BCUT2D eigenvalue weighted by Gasteiger charge is -2.35. The molecule has 0 aromatic rings. The first-order valence-corrected chi connectivity index (χ1v) is 6.18. The molecule has 0 heterocycles. The number of unbranched alkanes of at least 4 members (excludes halogenated alkanes) is 1. The number of aliphatic hydroxyl groups is 1. The number of nitrogens with two attached hydrogens (primary N) is 1. The highest BCUT2D eigenvalue weighted by atomic mass is 16.3. The Bertz CT molecular complexity index is 151. The Kier molecular flexibility index (Phi) is 8.02. The molecule has 0 aromatic carbocycles. The lowest BCUT2D eigenvalue weighted by molar-refractivity contribution is 0.0945. The average molecular weight is 216 g/mol. The van der Waals surface area contributed by atoms with Crippen LogP contribution < -0.4 is 5.73 Å². The Balaban J connectivity index is 4.31. The third kappa shape index (κ3) is 4.96. The van der Waals surface area contributed by atoms with Crippen LogP contribution in [-0.4, -0.2) is 41.8 Å². The summed E-state index contributed by atoms with van der Waals surface area (Å²) in [5.41, 5.74) is 6.12. The van der Waals surface area contributed by atoms with E-state index in [1.807, 2.05) is 0 Å². The lowest BCUT2D eigenvalue weighted by Crippen LogP contribution is -2.52. The highest BCUT2D eigenvalue weighted by Crippen LogP contribution is 2.11. The fourth-order valence-corrected chi connectivity index (χ4v) is 1.84. The lowest BCUT2D eigenvalue weighted by atomic mass is 9.96. The van der Waals surface area contributed by atoms with Crippen molar-refractivity contribution in [1.29, 1.82) is 0 Å². The van der Waals surface area contributed by atoms with Gasteiger partial charge in [0.25, 0.3) is 0 Å². The molecule has 0 saturated carbocycles. The van der Waals surface area contributed by atoms with E-state index in [0.29, 0.717) is 5.92 Å². The van der Waals surface area contributed by atoms with Crippen LogP contribution >= 0.6 is 0 Å². The monoisotopic (exact) mass is 216 g/mol. The van der Waals surface area contributed by atoms with Gasteiger partial charge in [-0.15, -0.1) is 0 Å². The van der Waals surface area contributed by atoms with E-state index in [9.17, 15) is 5.11 Å². The van der Waals surface area contributed by atoms with E-state index in [2.05, 4.69) is 32.6 Å². The summed E-state index contributed by atoms with van der Waals surface area (Å²) in [7, 11) is 0. The molecule has 0 rings (SSSR count). The normalized spacial score (nSPS) is 16.0. The van der Waals surface area contributed by atoms with E-state index in [-0.39, 0.29) is 18.7 Å². The van der Waals surface area contributed by atoms with E-state index in [1.54, 1.807) is 0 Å². The van der Waals surface area contributed by atoms with Crippen molar-refractivity contribution in [2.24, 2.45) is 11.7 Å². The first-order valence-electron chi connectivity index (χ1n) is 6.18. The molecule has 2 unspecified atom stereocenters. The molecule has 0 aliphatic carbocycles. The Hall–Kier alpha value is -0.120. The molecular weight excluding hydrogens is 188 g/mol. The number of nitrogens with zero attached hydrogens (tertiary/aromatic N) is 1. The van der Waals surface area contributed by atoms with E-state index in [0.717, 1.165) is 13.1 Å². The summed E-state index contributed by atoms with van der Waals surface area (Å²) >= 11 is 0. The SMILES string of the molecule is CCCCN(CC)C(CO)C(N)C(C)C. The standard InChI is InChI=1S/C12H28N2O/c1-5-7-8-14(6-2)11(9-15)12(13)10(3)4/h10-12,15H,5-9,13H2,1-4H3. The third-order valence-electron chi connectivity index (χ3n) is 3.08. The smallest absolute Gasteiger partial charge is 0.0602 e. The van der Waals surface area contributed by atoms with Crippen molar-refractivity contribution in [3.8, 4) is 0 Å². The van der Waals surface area contributed by atoms with E-state index < -0.39 is 0 Å². The van der Waals surface area contributed by atoms with Gasteiger partial charge in [0, 0.05) is 12.1 Å². The quantitative estimate of drug-likeness (QED) is 0.646. The highest BCUT2D eigenvalue weighted by Gasteiger charge is 2.24. The first-order chi connectivity index (χ1) is 7.08. The van der Waals surface area contributed by atoms with Crippen molar-refractivity contribution >= 4 is 0 Å². The zero-order valence-electron chi connectivity index (χ0n) is 10.7. The van der Waals surface area contributed by atoms with Crippen LogP contribution in [0.25, 0.3) is 0 Å². The molecule has 3 N–H and O–H groups in total. The molecule has 3 heteroatoms. The average Bonchev–Trinajstić information content (AvgIpc) is 2.23. The maximum absolute atomic E-state index is 9.42. The van der Waals surface area contributed by atoms with Crippen LogP contribution in [0.2, 0.25) is 0 Å². The molecule has 0 saturated heterocycles. The number of hydrogen-bond acceptors (Lipinski definition) is 3. The van der Waals surface area contributed by atoms with Crippen molar-refractivity contribution < 1.29 is 5.11 Å². The summed E-state index contributed by atoms with van der Waals surface area (Å²) in [6.45, 7) is 10.7. The van der Waals surface area contributed by atoms with Gasteiger partial charge in [0.05, 0.1) is 6.61 Å². The van der Waals surface area contributed by atoms with Crippen LogP contribution in [0.5, 0.6) is 0 Å². The number of rotatable bonds is 8. The van der Waals surface area contributed by atoms with Crippen molar-refractivity contribution in [1.82, 2.24) is 4.90 Å². The van der Waals surface area contributed by atoms with Gasteiger partial charge in [0.2, 0.25) is 0 Å². The Morgan fingerprint density at radius 1 is 1.27 bits per heavy atom. The van der Waals surface area contributed by atoms with Gasteiger partial charge in [-0.05, 0) is 25.4 Å². The molecule has 0 fully saturated rings. The van der Waals surface area contributed by atoms with Crippen LogP contribution in [0.15, 0.2) is 0 Å². The van der Waals surface area contributed by atoms with Gasteiger partial charge in [-0.3, -0.25) is 4.90 Å². The van der Waals surface area contributed by atoms with Crippen LogP contribution in [0.4, 0.5) is 0 Å². The molecule has 0 aliphatic heterocycles. The van der Waals surface area contributed by atoms with Gasteiger partial charge >= 0.3 is 0 Å². The molecule has 2 atom stereocenters. The van der Waals surface area contributed by atoms with E-state index in [1.165, 1.54) is 12.8 Å². The van der Waals surface area contributed by atoms with Crippen molar-refractivity contribution in [3.63, 3.8) is 0 Å². The molecule has 0 bridgehead atoms. The number of aliphatic hydroxyl groups excluding tert-OH is 1. The molecule has 0 amide bonds. The van der Waals surface area contributed by atoms with Crippen molar-refractivity contribution in [2.75, 3.05) is 19.7 Å². The van der Waals surface area contributed by atoms with Crippen LogP contribution in [0.1, 0.15) is 40.5 Å². The molecule has 0 aliphatic rings. The highest BCUT2D eigenvalue weighted by molar-refractivity contribution is 4.83. The zero-order chi connectivity index (χ0) is 11.8. The van der Waals surface area contributed by atoms with E-state index in [4.69, 9.17) is 5.73 Å². The molecule has 15 heavy (non-hydrogen) atoms.